The molecule has 1 aromatic carbocycles. The Morgan fingerprint density at radius 3 is 2.39 bits per heavy atom. The summed E-state index contributed by atoms with van der Waals surface area (Å²) >= 11 is 0. The number of anilines is 1. The minimum absolute atomic E-state index is 0.158. The molecule has 7 heteroatoms. The second-order valence-corrected chi connectivity index (χ2v) is 5.49. The highest BCUT2D eigenvalue weighted by atomic mass is 32.2. The fraction of sp³-hybridized carbons (Fsp3) is 0.455. The number of rotatable bonds is 7. The van der Waals surface area contributed by atoms with Crippen LogP contribution in [-0.2, 0) is 10.2 Å². The van der Waals surface area contributed by atoms with Crippen LogP contribution in [0.15, 0.2) is 24.3 Å². The summed E-state index contributed by atoms with van der Waals surface area (Å²) in [6, 6.07) is 6.47. The van der Waals surface area contributed by atoms with Gasteiger partial charge in [-0.05, 0) is 38.1 Å². The van der Waals surface area contributed by atoms with E-state index in [1.807, 2.05) is 0 Å². The van der Waals surface area contributed by atoms with Crippen molar-refractivity contribution < 1.29 is 13.2 Å². The fourth-order valence-electron chi connectivity index (χ4n) is 1.29. The van der Waals surface area contributed by atoms with Crippen molar-refractivity contribution in [2.24, 2.45) is 5.73 Å². The van der Waals surface area contributed by atoms with Crippen LogP contribution in [0.1, 0.15) is 13.8 Å². The molecular formula is C11H19N3O3S. The van der Waals surface area contributed by atoms with Crippen molar-refractivity contribution in [3.8, 4) is 5.75 Å². The van der Waals surface area contributed by atoms with E-state index in [1.165, 1.54) is 0 Å². The summed E-state index contributed by atoms with van der Waals surface area (Å²) in [7, 11) is -3.52. The molecule has 0 aliphatic carbocycles. The molecule has 18 heavy (non-hydrogen) atoms. The van der Waals surface area contributed by atoms with E-state index in [9.17, 15) is 8.42 Å². The van der Waals surface area contributed by atoms with Gasteiger partial charge in [0, 0.05) is 12.6 Å². The Kier molecular flexibility index (Phi) is 5.39. The zero-order valence-electron chi connectivity index (χ0n) is 10.5. The molecule has 0 aliphatic rings. The minimum atomic E-state index is -3.52. The second-order valence-electron chi connectivity index (χ2n) is 4.04. The lowest BCUT2D eigenvalue weighted by atomic mass is 10.3. The molecule has 0 fully saturated rings. The first-order valence-corrected chi connectivity index (χ1v) is 7.14. The maximum Gasteiger partial charge on any atom is 0.299 e. The molecule has 0 aliphatic heterocycles. The molecule has 0 atom stereocenters. The quantitative estimate of drug-likeness (QED) is 0.681. The van der Waals surface area contributed by atoms with Crippen LogP contribution in [0.2, 0.25) is 0 Å². The Morgan fingerprint density at radius 1 is 1.28 bits per heavy atom. The Morgan fingerprint density at radius 2 is 1.89 bits per heavy atom. The third kappa shape index (κ3) is 5.35. The van der Waals surface area contributed by atoms with E-state index in [2.05, 4.69) is 9.44 Å². The normalized spacial score (nSPS) is 11.6. The summed E-state index contributed by atoms with van der Waals surface area (Å²) in [6.07, 6.45) is 0. The first-order valence-electron chi connectivity index (χ1n) is 5.66. The lowest BCUT2D eigenvalue weighted by Gasteiger charge is -2.12. The first kappa shape index (κ1) is 14.7. The van der Waals surface area contributed by atoms with Gasteiger partial charge in [0.1, 0.15) is 12.4 Å². The molecule has 0 saturated carbocycles. The van der Waals surface area contributed by atoms with Crippen molar-refractivity contribution in [1.82, 2.24) is 4.72 Å². The highest BCUT2D eigenvalue weighted by Crippen LogP contribution is 2.16. The van der Waals surface area contributed by atoms with Gasteiger partial charge in [0.25, 0.3) is 10.2 Å². The largest absolute Gasteiger partial charge is 0.492 e. The van der Waals surface area contributed by atoms with Gasteiger partial charge in [-0.25, -0.2) is 0 Å². The molecule has 1 aromatic rings. The molecule has 0 amide bonds. The average molecular weight is 273 g/mol. The highest BCUT2D eigenvalue weighted by Gasteiger charge is 2.10. The predicted molar refractivity (Wildman–Crippen MR) is 71.8 cm³/mol. The smallest absolute Gasteiger partial charge is 0.299 e. The van der Waals surface area contributed by atoms with Gasteiger partial charge in [-0.3, -0.25) is 4.72 Å². The molecule has 6 nitrogen and oxygen atoms in total. The molecule has 0 saturated heterocycles. The predicted octanol–water partition coefficient (Wildman–Crippen LogP) is 0.679. The number of ether oxygens (including phenoxy) is 1. The van der Waals surface area contributed by atoms with E-state index >= 15 is 0 Å². The standard InChI is InChI=1S/C11H19N3O3S/c1-9(2)13-18(15,16)14-10-3-5-11(6-4-10)17-8-7-12/h3-6,9,13-14H,7-8,12H2,1-2H3. The van der Waals surface area contributed by atoms with Crippen molar-refractivity contribution >= 4 is 15.9 Å². The summed E-state index contributed by atoms with van der Waals surface area (Å²) in [5, 5.41) is 0. The SMILES string of the molecule is CC(C)NS(=O)(=O)Nc1ccc(OCCN)cc1. The van der Waals surface area contributed by atoms with Crippen molar-refractivity contribution in [1.29, 1.82) is 0 Å². The number of hydrogen-bond donors (Lipinski definition) is 3. The Bertz CT molecular complexity index is 457. The molecule has 4 N–H and O–H groups in total. The van der Waals surface area contributed by atoms with Gasteiger partial charge in [0.05, 0.1) is 5.69 Å². The number of nitrogens with one attached hydrogen (secondary N) is 2. The molecule has 0 spiro atoms. The maximum atomic E-state index is 11.6. The maximum absolute atomic E-state index is 11.6. The molecule has 0 radical (unpaired) electrons. The third-order valence-corrected chi connectivity index (χ3v) is 3.17. The summed E-state index contributed by atoms with van der Waals surface area (Å²) in [6.45, 7) is 4.37. The van der Waals surface area contributed by atoms with E-state index in [4.69, 9.17) is 10.5 Å². The molecular weight excluding hydrogens is 254 g/mol. The zero-order chi connectivity index (χ0) is 13.6. The molecule has 0 heterocycles. The summed E-state index contributed by atoms with van der Waals surface area (Å²) in [5.74, 6) is 0.653. The number of hydrogen-bond acceptors (Lipinski definition) is 4. The Balaban J connectivity index is 2.63. The van der Waals surface area contributed by atoms with Crippen LogP contribution in [0.3, 0.4) is 0 Å². The van der Waals surface area contributed by atoms with Gasteiger partial charge >= 0.3 is 0 Å². The van der Waals surface area contributed by atoms with Gasteiger partial charge < -0.3 is 10.5 Å². The fourth-order valence-corrected chi connectivity index (χ4v) is 2.42. The van der Waals surface area contributed by atoms with E-state index in [-0.39, 0.29) is 6.04 Å². The minimum Gasteiger partial charge on any atom is -0.492 e. The molecule has 0 aromatic heterocycles. The van der Waals surface area contributed by atoms with Crippen LogP contribution in [-0.4, -0.2) is 27.6 Å². The number of nitrogens with two attached hydrogens (primary N) is 1. The molecule has 102 valence electrons. The van der Waals surface area contributed by atoms with Crippen LogP contribution < -0.4 is 19.9 Å². The van der Waals surface area contributed by atoms with Crippen LogP contribution in [0, 0.1) is 0 Å². The molecule has 0 unspecified atom stereocenters. The highest BCUT2D eigenvalue weighted by molar-refractivity contribution is 7.90. The monoisotopic (exact) mass is 273 g/mol. The van der Waals surface area contributed by atoms with Crippen LogP contribution in [0.4, 0.5) is 5.69 Å². The Labute approximate surface area is 108 Å². The van der Waals surface area contributed by atoms with Crippen molar-refractivity contribution in [2.75, 3.05) is 17.9 Å². The van der Waals surface area contributed by atoms with Crippen molar-refractivity contribution in [3.63, 3.8) is 0 Å². The van der Waals surface area contributed by atoms with Gasteiger partial charge in [-0.2, -0.15) is 13.1 Å². The van der Waals surface area contributed by atoms with Crippen molar-refractivity contribution in [3.05, 3.63) is 24.3 Å². The van der Waals surface area contributed by atoms with E-state index in [1.54, 1.807) is 38.1 Å². The van der Waals surface area contributed by atoms with Gasteiger partial charge in [-0.1, -0.05) is 0 Å². The first-order chi connectivity index (χ1) is 8.43. The third-order valence-electron chi connectivity index (χ3n) is 1.88. The molecule has 1 rings (SSSR count). The number of benzene rings is 1. The Hall–Kier alpha value is -1.31. The second kappa shape index (κ2) is 6.58. The van der Waals surface area contributed by atoms with E-state index < -0.39 is 10.2 Å². The van der Waals surface area contributed by atoms with Gasteiger partial charge in [0.15, 0.2) is 0 Å². The lowest BCUT2D eigenvalue weighted by Crippen LogP contribution is -2.35. The van der Waals surface area contributed by atoms with Gasteiger partial charge in [-0.15, -0.1) is 0 Å². The van der Waals surface area contributed by atoms with Crippen LogP contribution in [0.5, 0.6) is 5.75 Å². The van der Waals surface area contributed by atoms with Gasteiger partial charge in [0.2, 0.25) is 0 Å². The lowest BCUT2D eigenvalue weighted by molar-refractivity contribution is 0.328. The topological polar surface area (TPSA) is 93.5 Å². The van der Waals surface area contributed by atoms with Crippen molar-refractivity contribution in [2.45, 2.75) is 19.9 Å². The van der Waals surface area contributed by atoms with Crippen LogP contribution in [0.25, 0.3) is 0 Å². The summed E-state index contributed by atoms with van der Waals surface area (Å²) in [4.78, 5) is 0. The summed E-state index contributed by atoms with van der Waals surface area (Å²) < 4.78 is 33.3. The van der Waals surface area contributed by atoms with E-state index in [0.717, 1.165) is 0 Å². The van der Waals surface area contributed by atoms with E-state index in [0.29, 0.717) is 24.6 Å². The average Bonchev–Trinajstić information content (AvgIpc) is 2.26. The van der Waals surface area contributed by atoms with Crippen LogP contribution >= 0.6 is 0 Å². The zero-order valence-corrected chi connectivity index (χ0v) is 11.3. The summed E-state index contributed by atoms with van der Waals surface area (Å²) in [5.41, 5.74) is 5.79. The molecule has 0 bridgehead atoms.